The van der Waals surface area contributed by atoms with E-state index in [9.17, 15) is 0 Å². The summed E-state index contributed by atoms with van der Waals surface area (Å²) in [7, 11) is 1.74. The van der Waals surface area contributed by atoms with Crippen molar-refractivity contribution in [1.29, 1.82) is 0 Å². The molecule has 0 aromatic carbocycles. The summed E-state index contributed by atoms with van der Waals surface area (Å²) in [5, 5.41) is 5.03. The van der Waals surface area contributed by atoms with Crippen molar-refractivity contribution in [3.05, 3.63) is 41.5 Å². The normalized spacial score (nSPS) is 17.5. The van der Waals surface area contributed by atoms with E-state index >= 15 is 0 Å². The number of morpholine rings is 1. The third-order valence-corrected chi connectivity index (χ3v) is 6.36. The molecule has 0 bridgehead atoms. The number of nitrogens with zero attached hydrogens (tertiary/aromatic N) is 5. The molecule has 3 aromatic heterocycles. The van der Waals surface area contributed by atoms with E-state index in [2.05, 4.69) is 43.9 Å². The fourth-order valence-electron chi connectivity index (χ4n) is 4.25. The van der Waals surface area contributed by atoms with Crippen LogP contribution in [0.5, 0.6) is 0 Å². The Morgan fingerprint density at radius 1 is 1.19 bits per heavy atom. The molecule has 0 amide bonds. The molecule has 4 heterocycles. The fraction of sp³-hybridized carbons (Fsp3) is 0.542. The zero-order chi connectivity index (χ0) is 21.6. The monoisotopic (exact) mass is 421 g/mol. The van der Waals surface area contributed by atoms with Crippen LogP contribution in [0.4, 0.5) is 5.69 Å². The summed E-state index contributed by atoms with van der Waals surface area (Å²) < 4.78 is 13.2. The van der Waals surface area contributed by atoms with Gasteiger partial charge in [-0.15, -0.1) is 0 Å². The maximum atomic E-state index is 5.57. The Morgan fingerprint density at radius 2 is 1.97 bits per heavy atom. The topological polar surface area (TPSA) is 64.8 Å². The van der Waals surface area contributed by atoms with E-state index in [1.165, 1.54) is 24.2 Å². The predicted octanol–water partition coefficient (Wildman–Crippen LogP) is 3.78. The first-order valence-corrected chi connectivity index (χ1v) is 11.2. The molecule has 1 aliphatic carbocycles. The highest BCUT2D eigenvalue weighted by molar-refractivity contribution is 5.75. The first-order valence-electron chi connectivity index (χ1n) is 11.2. The van der Waals surface area contributed by atoms with Gasteiger partial charge in [0.05, 0.1) is 41.6 Å². The van der Waals surface area contributed by atoms with Gasteiger partial charge >= 0.3 is 0 Å². The number of hydrogen-bond acceptors (Lipinski definition) is 6. The Labute approximate surface area is 183 Å². The van der Waals surface area contributed by atoms with Crippen LogP contribution in [0.3, 0.4) is 0 Å². The van der Waals surface area contributed by atoms with Crippen LogP contribution in [0.2, 0.25) is 0 Å². The molecule has 164 valence electrons. The smallest absolute Gasteiger partial charge is 0.178 e. The Kier molecular flexibility index (Phi) is 5.18. The van der Waals surface area contributed by atoms with E-state index in [1.807, 2.05) is 10.7 Å². The minimum Gasteiger partial charge on any atom is -0.378 e. The van der Waals surface area contributed by atoms with E-state index in [-0.39, 0.29) is 5.60 Å². The van der Waals surface area contributed by atoms with Gasteiger partial charge < -0.3 is 14.4 Å². The van der Waals surface area contributed by atoms with Gasteiger partial charge in [0.15, 0.2) is 5.65 Å². The molecule has 0 N–H and O–H groups in total. The van der Waals surface area contributed by atoms with E-state index in [0.717, 1.165) is 61.0 Å². The Morgan fingerprint density at radius 3 is 2.61 bits per heavy atom. The summed E-state index contributed by atoms with van der Waals surface area (Å²) in [5.74, 6) is 0.566. The number of imidazole rings is 1. The summed E-state index contributed by atoms with van der Waals surface area (Å²) in [6.07, 6.45) is 5.14. The lowest BCUT2D eigenvalue weighted by Crippen LogP contribution is -2.36. The molecule has 5 rings (SSSR count). The summed E-state index contributed by atoms with van der Waals surface area (Å²) >= 11 is 0. The number of hydrogen-bond donors (Lipinski definition) is 0. The maximum absolute atomic E-state index is 5.57. The number of fused-ring (bicyclic) bond motifs is 1. The number of pyridine rings is 1. The average Bonchev–Trinajstić information content (AvgIpc) is 3.57. The Balaban J connectivity index is 1.57. The van der Waals surface area contributed by atoms with Crippen molar-refractivity contribution in [1.82, 2.24) is 19.6 Å². The second-order valence-electron chi connectivity index (χ2n) is 9.29. The molecular formula is C24H31N5O2. The lowest BCUT2D eigenvalue weighted by Gasteiger charge is -2.29. The predicted molar refractivity (Wildman–Crippen MR) is 121 cm³/mol. The van der Waals surface area contributed by atoms with Gasteiger partial charge in [-0.3, -0.25) is 4.98 Å². The van der Waals surface area contributed by atoms with Crippen molar-refractivity contribution in [2.24, 2.45) is 0 Å². The third kappa shape index (κ3) is 4.04. The van der Waals surface area contributed by atoms with Crippen LogP contribution in [0, 0.1) is 6.92 Å². The zero-order valence-electron chi connectivity index (χ0n) is 18.9. The van der Waals surface area contributed by atoms with E-state index in [4.69, 9.17) is 24.5 Å². The lowest BCUT2D eigenvalue weighted by molar-refractivity contribution is 0.0224. The highest BCUT2D eigenvalue weighted by atomic mass is 16.5. The standard InChI is InChI=1S/C24H31N5O2/c1-16-22(18-7-8-19(25-15-18)14-24(2,3)30-4)29-23(26-16)21(28-9-11-31-12-10-28)13-20(27-29)17-5-6-17/h7-8,13,15,17H,5-6,9-12,14H2,1-4H3. The molecule has 2 aliphatic rings. The number of anilines is 1. The molecule has 0 spiro atoms. The molecule has 1 aliphatic heterocycles. The third-order valence-electron chi connectivity index (χ3n) is 6.36. The summed E-state index contributed by atoms with van der Waals surface area (Å²) in [5.41, 5.74) is 7.07. The number of methoxy groups -OCH3 is 1. The van der Waals surface area contributed by atoms with Gasteiger partial charge in [-0.25, -0.2) is 9.50 Å². The molecular weight excluding hydrogens is 390 g/mol. The highest BCUT2D eigenvalue weighted by Crippen LogP contribution is 2.41. The molecule has 0 unspecified atom stereocenters. The molecule has 0 atom stereocenters. The van der Waals surface area contributed by atoms with Crippen LogP contribution in [-0.4, -0.2) is 58.6 Å². The number of rotatable bonds is 6. The van der Waals surface area contributed by atoms with Gasteiger partial charge in [0.25, 0.3) is 0 Å². The number of ether oxygens (including phenoxy) is 2. The van der Waals surface area contributed by atoms with Crippen molar-refractivity contribution < 1.29 is 9.47 Å². The second-order valence-corrected chi connectivity index (χ2v) is 9.29. The first kappa shape index (κ1) is 20.4. The molecule has 7 heteroatoms. The van der Waals surface area contributed by atoms with Crippen molar-refractivity contribution >= 4 is 11.3 Å². The van der Waals surface area contributed by atoms with Crippen LogP contribution in [0.1, 0.15) is 49.7 Å². The lowest BCUT2D eigenvalue weighted by atomic mass is 10.0. The van der Waals surface area contributed by atoms with Crippen LogP contribution in [0.15, 0.2) is 24.4 Å². The SMILES string of the molecule is COC(C)(C)Cc1ccc(-c2c(C)nc3c(N4CCOCC4)cc(C4CC4)nn23)cn1. The second kappa shape index (κ2) is 7.88. The molecule has 1 saturated carbocycles. The molecule has 1 saturated heterocycles. The van der Waals surface area contributed by atoms with E-state index in [0.29, 0.717) is 5.92 Å². The zero-order valence-corrected chi connectivity index (χ0v) is 18.9. The summed E-state index contributed by atoms with van der Waals surface area (Å²) in [6.45, 7) is 9.49. The Hall–Kier alpha value is -2.51. The first-order chi connectivity index (χ1) is 14.9. The van der Waals surface area contributed by atoms with Crippen LogP contribution >= 0.6 is 0 Å². The van der Waals surface area contributed by atoms with Gasteiger partial charge in [-0.2, -0.15) is 5.10 Å². The largest absolute Gasteiger partial charge is 0.378 e. The molecule has 2 fully saturated rings. The van der Waals surface area contributed by atoms with E-state index in [1.54, 1.807) is 7.11 Å². The van der Waals surface area contributed by atoms with Crippen LogP contribution < -0.4 is 4.90 Å². The minimum absolute atomic E-state index is 0.235. The fourth-order valence-corrected chi connectivity index (χ4v) is 4.25. The molecule has 7 nitrogen and oxygen atoms in total. The van der Waals surface area contributed by atoms with Crippen molar-refractivity contribution in [2.75, 3.05) is 38.3 Å². The Bertz CT molecular complexity index is 1080. The van der Waals surface area contributed by atoms with Crippen LogP contribution in [0.25, 0.3) is 16.9 Å². The number of aryl methyl sites for hydroxylation is 1. The maximum Gasteiger partial charge on any atom is 0.178 e. The molecule has 3 aromatic rings. The van der Waals surface area contributed by atoms with Crippen LogP contribution in [-0.2, 0) is 15.9 Å². The van der Waals surface area contributed by atoms with Gasteiger partial charge in [-0.05, 0) is 51.8 Å². The van der Waals surface area contributed by atoms with Gasteiger partial charge in [-0.1, -0.05) is 0 Å². The summed E-state index contributed by atoms with van der Waals surface area (Å²) in [6, 6.07) is 6.47. The van der Waals surface area contributed by atoms with E-state index < -0.39 is 0 Å². The molecule has 0 radical (unpaired) electrons. The summed E-state index contributed by atoms with van der Waals surface area (Å²) in [4.78, 5) is 12.1. The quantitative estimate of drug-likeness (QED) is 0.604. The van der Waals surface area contributed by atoms with Gasteiger partial charge in [0.2, 0.25) is 0 Å². The van der Waals surface area contributed by atoms with Gasteiger partial charge in [0.1, 0.15) is 0 Å². The van der Waals surface area contributed by atoms with Crippen molar-refractivity contribution in [3.63, 3.8) is 0 Å². The molecule has 31 heavy (non-hydrogen) atoms. The number of aromatic nitrogens is 4. The minimum atomic E-state index is -0.235. The highest BCUT2D eigenvalue weighted by Gasteiger charge is 2.29. The van der Waals surface area contributed by atoms with Crippen molar-refractivity contribution in [2.45, 2.75) is 51.6 Å². The average molecular weight is 422 g/mol. The van der Waals surface area contributed by atoms with Gasteiger partial charge in [0, 0.05) is 50.0 Å². The van der Waals surface area contributed by atoms with Crippen molar-refractivity contribution in [3.8, 4) is 11.3 Å².